The molecule has 4 rings (SSSR count). The highest BCUT2D eigenvalue weighted by atomic mass is 16.5. The van der Waals surface area contributed by atoms with Crippen LogP contribution >= 0.6 is 0 Å². The molecule has 0 saturated carbocycles. The highest BCUT2D eigenvalue weighted by molar-refractivity contribution is 5.61. The molecule has 3 nitrogen and oxygen atoms in total. The van der Waals surface area contributed by atoms with Crippen LogP contribution in [0.2, 0.25) is 0 Å². The maximum atomic E-state index is 5.65. The summed E-state index contributed by atoms with van der Waals surface area (Å²) in [5.74, 6) is 2.11. The SMILES string of the molecule is COc1ccc2c(c1)NC(c1ccccc1OC)C(c1ccccc1)C2. The van der Waals surface area contributed by atoms with Crippen molar-refractivity contribution < 1.29 is 9.47 Å². The van der Waals surface area contributed by atoms with E-state index in [2.05, 4.69) is 59.9 Å². The van der Waals surface area contributed by atoms with E-state index in [1.165, 1.54) is 16.7 Å². The number of ether oxygens (including phenoxy) is 2. The van der Waals surface area contributed by atoms with E-state index in [1.807, 2.05) is 18.2 Å². The summed E-state index contributed by atoms with van der Waals surface area (Å²) in [6, 6.07) is 25.4. The van der Waals surface area contributed by atoms with Crippen LogP contribution in [0.4, 0.5) is 5.69 Å². The van der Waals surface area contributed by atoms with E-state index in [1.54, 1.807) is 14.2 Å². The molecule has 0 amide bonds. The zero-order valence-corrected chi connectivity index (χ0v) is 15.1. The van der Waals surface area contributed by atoms with Crippen molar-refractivity contribution in [2.75, 3.05) is 19.5 Å². The van der Waals surface area contributed by atoms with Gasteiger partial charge in [0.25, 0.3) is 0 Å². The number of methoxy groups -OCH3 is 2. The maximum absolute atomic E-state index is 5.65. The summed E-state index contributed by atoms with van der Waals surface area (Å²) in [5, 5.41) is 3.75. The lowest BCUT2D eigenvalue weighted by molar-refractivity contribution is 0.401. The Balaban J connectivity index is 1.82. The molecule has 0 radical (unpaired) electrons. The van der Waals surface area contributed by atoms with Gasteiger partial charge in [-0.15, -0.1) is 0 Å². The first-order valence-corrected chi connectivity index (χ1v) is 8.91. The third kappa shape index (κ3) is 3.01. The Bertz CT molecular complexity index is 892. The molecule has 1 heterocycles. The lowest BCUT2D eigenvalue weighted by Gasteiger charge is -2.36. The molecule has 0 aromatic heterocycles. The fraction of sp³-hybridized carbons (Fsp3) is 0.217. The Hall–Kier alpha value is -2.94. The van der Waals surface area contributed by atoms with Crippen LogP contribution in [0.3, 0.4) is 0 Å². The van der Waals surface area contributed by atoms with Crippen LogP contribution < -0.4 is 14.8 Å². The van der Waals surface area contributed by atoms with E-state index in [0.717, 1.165) is 23.6 Å². The molecule has 132 valence electrons. The Morgan fingerprint density at radius 2 is 1.62 bits per heavy atom. The summed E-state index contributed by atoms with van der Waals surface area (Å²) < 4.78 is 11.1. The van der Waals surface area contributed by atoms with Gasteiger partial charge in [-0.3, -0.25) is 0 Å². The molecule has 2 atom stereocenters. The minimum absolute atomic E-state index is 0.133. The Morgan fingerprint density at radius 1 is 0.846 bits per heavy atom. The molecule has 3 aromatic carbocycles. The second-order valence-electron chi connectivity index (χ2n) is 6.61. The molecule has 0 saturated heterocycles. The lowest BCUT2D eigenvalue weighted by atomic mass is 9.79. The quantitative estimate of drug-likeness (QED) is 0.705. The van der Waals surface area contributed by atoms with E-state index in [0.29, 0.717) is 5.92 Å². The first kappa shape index (κ1) is 16.5. The monoisotopic (exact) mass is 345 g/mol. The highest BCUT2D eigenvalue weighted by Gasteiger charge is 2.32. The van der Waals surface area contributed by atoms with E-state index in [-0.39, 0.29) is 6.04 Å². The molecule has 0 fully saturated rings. The normalized spacial score (nSPS) is 18.5. The molecule has 3 heteroatoms. The predicted octanol–water partition coefficient (Wildman–Crippen LogP) is 5.20. The van der Waals surface area contributed by atoms with Crippen LogP contribution in [0.25, 0.3) is 0 Å². The van der Waals surface area contributed by atoms with Crippen molar-refractivity contribution in [1.29, 1.82) is 0 Å². The topological polar surface area (TPSA) is 30.5 Å². The number of nitrogens with one attached hydrogen (secondary N) is 1. The number of anilines is 1. The molecule has 1 aliphatic rings. The average Bonchev–Trinajstić information content (AvgIpc) is 2.73. The van der Waals surface area contributed by atoms with Crippen LogP contribution in [0, 0.1) is 0 Å². The third-order valence-electron chi connectivity index (χ3n) is 5.17. The van der Waals surface area contributed by atoms with Gasteiger partial charge in [0.2, 0.25) is 0 Å². The number of hydrogen-bond donors (Lipinski definition) is 1. The number of benzene rings is 3. The summed E-state index contributed by atoms with van der Waals surface area (Å²) in [6.45, 7) is 0. The predicted molar refractivity (Wildman–Crippen MR) is 105 cm³/mol. The van der Waals surface area contributed by atoms with Crippen molar-refractivity contribution >= 4 is 5.69 Å². The molecule has 1 N–H and O–H groups in total. The van der Waals surface area contributed by atoms with Gasteiger partial charge >= 0.3 is 0 Å². The van der Waals surface area contributed by atoms with E-state index < -0.39 is 0 Å². The van der Waals surface area contributed by atoms with Crippen LogP contribution in [0.1, 0.15) is 28.7 Å². The van der Waals surface area contributed by atoms with Crippen LogP contribution in [0.5, 0.6) is 11.5 Å². The van der Waals surface area contributed by atoms with Crippen molar-refractivity contribution in [3.8, 4) is 11.5 Å². The van der Waals surface area contributed by atoms with Crippen molar-refractivity contribution in [3.05, 3.63) is 89.5 Å². The van der Waals surface area contributed by atoms with E-state index in [9.17, 15) is 0 Å². The smallest absolute Gasteiger partial charge is 0.124 e. The molecule has 26 heavy (non-hydrogen) atoms. The molecule has 1 aliphatic heterocycles. The average molecular weight is 345 g/mol. The third-order valence-corrected chi connectivity index (χ3v) is 5.17. The fourth-order valence-corrected chi connectivity index (χ4v) is 3.85. The van der Waals surface area contributed by atoms with Crippen molar-refractivity contribution in [3.63, 3.8) is 0 Å². The minimum atomic E-state index is 0.133. The summed E-state index contributed by atoms with van der Waals surface area (Å²) >= 11 is 0. The van der Waals surface area contributed by atoms with E-state index in [4.69, 9.17) is 9.47 Å². The first-order chi connectivity index (χ1) is 12.8. The summed E-state index contributed by atoms with van der Waals surface area (Å²) in [7, 11) is 3.44. The van der Waals surface area contributed by atoms with Crippen molar-refractivity contribution in [2.45, 2.75) is 18.4 Å². The van der Waals surface area contributed by atoms with Crippen molar-refractivity contribution in [1.82, 2.24) is 0 Å². The zero-order valence-electron chi connectivity index (χ0n) is 15.1. The second-order valence-corrected chi connectivity index (χ2v) is 6.61. The van der Waals surface area contributed by atoms with Gasteiger partial charge in [-0.25, -0.2) is 0 Å². The zero-order chi connectivity index (χ0) is 17.9. The van der Waals surface area contributed by atoms with Crippen molar-refractivity contribution in [2.24, 2.45) is 0 Å². The van der Waals surface area contributed by atoms with Gasteiger partial charge in [-0.05, 0) is 29.7 Å². The summed E-state index contributed by atoms with van der Waals surface area (Å²) in [6.07, 6.45) is 0.971. The standard InChI is InChI=1S/C23H23NO2/c1-25-18-13-12-17-14-20(16-8-4-3-5-9-16)23(24-21(17)15-18)19-10-6-7-11-22(19)26-2/h3-13,15,20,23-24H,14H2,1-2H3. The largest absolute Gasteiger partial charge is 0.497 e. The van der Waals surface area contributed by atoms with Crippen LogP contribution in [0.15, 0.2) is 72.8 Å². The molecule has 0 aliphatic carbocycles. The van der Waals surface area contributed by atoms with Gasteiger partial charge in [0, 0.05) is 23.2 Å². The molecular formula is C23H23NO2. The fourth-order valence-electron chi connectivity index (χ4n) is 3.85. The van der Waals surface area contributed by atoms with E-state index >= 15 is 0 Å². The number of para-hydroxylation sites is 1. The van der Waals surface area contributed by atoms with Crippen LogP contribution in [-0.4, -0.2) is 14.2 Å². The van der Waals surface area contributed by atoms with Gasteiger partial charge in [0.1, 0.15) is 11.5 Å². The number of fused-ring (bicyclic) bond motifs is 1. The Kier molecular flexibility index (Phi) is 4.53. The molecular weight excluding hydrogens is 322 g/mol. The minimum Gasteiger partial charge on any atom is -0.497 e. The second kappa shape index (κ2) is 7.12. The Morgan fingerprint density at radius 3 is 2.38 bits per heavy atom. The molecule has 3 aromatic rings. The van der Waals surface area contributed by atoms with Gasteiger partial charge < -0.3 is 14.8 Å². The Labute approximate surface area is 154 Å². The van der Waals surface area contributed by atoms with Gasteiger partial charge in [0.05, 0.1) is 20.3 Å². The highest BCUT2D eigenvalue weighted by Crippen LogP contribution is 2.45. The number of rotatable bonds is 4. The van der Waals surface area contributed by atoms with Gasteiger partial charge in [0.15, 0.2) is 0 Å². The first-order valence-electron chi connectivity index (χ1n) is 8.91. The lowest BCUT2D eigenvalue weighted by Crippen LogP contribution is -2.27. The summed E-state index contributed by atoms with van der Waals surface area (Å²) in [4.78, 5) is 0. The molecule has 0 bridgehead atoms. The molecule has 0 spiro atoms. The van der Waals surface area contributed by atoms with Crippen LogP contribution in [-0.2, 0) is 6.42 Å². The van der Waals surface area contributed by atoms with Gasteiger partial charge in [-0.1, -0.05) is 54.6 Å². The molecule has 2 unspecified atom stereocenters. The summed E-state index contributed by atoms with van der Waals surface area (Å²) in [5.41, 5.74) is 4.95. The van der Waals surface area contributed by atoms with Gasteiger partial charge in [-0.2, -0.15) is 0 Å². The number of hydrogen-bond acceptors (Lipinski definition) is 3. The maximum Gasteiger partial charge on any atom is 0.124 e.